The van der Waals surface area contributed by atoms with Crippen molar-refractivity contribution in [1.82, 2.24) is 6.15 Å². The number of hydrogen-bond donors (Lipinski definition) is 1. The highest BCUT2D eigenvalue weighted by atomic mass is 16.4. The van der Waals surface area contributed by atoms with Crippen molar-refractivity contribution >= 4 is 5.97 Å². The molecule has 0 aromatic carbocycles. The van der Waals surface area contributed by atoms with Crippen LogP contribution in [0.15, 0.2) is 0 Å². The SMILES string of the molecule is CCCCCCCCCCCC(=O)[O-].O.[NH4+]. The summed E-state index contributed by atoms with van der Waals surface area (Å²) in [6, 6.07) is 0. The lowest BCUT2D eigenvalue weighted by Crippen LogP contribution is -2.21. The Bertz CT molecular complexity index is 140. The highest BCUT2D eigenvalue weighted by molar-refractivity contribution is 5.63. The maximum absolute atomic E-state index is 10.1. The van der Waals surface area contributed by atoms with Crippen LogP contribution < -0.4 is 11.3 Å². The number of carboxylic acid groups (broad SMARTS) is 1. The van der Waals surface area contributed by atoms with Crippen LogP contribution in [0.1, 0.15) is 71.1 Å². The lowest BCUT2D eigenvalue weighted by molar-refractivity contribution is -0.305. The Morgan fingerprint density at radius 3 is 1.62 bits per heavy atom. The summed E-state index contributed by atoms with van der Waals surface area (Å²) in [5, 5.41) is 10.1. The predicted molar refractivity (Wildman–Crippen MR) is 66.4 cm³/mol. The van der Waals surface area contributed by atoms with Gasteiger partial charge in [0.25, 0.3) is 0 Å². The Kier molecular flexibility index (Phi) is 21.8. The fourth-order valence-corrected chi connectivity index (χ4v) is 1.58. The summed E-state index contributed by atoms with van der Waals surface area (Å²) >= 11 is 0. The maximum atomic E-state index is 10.1. The van der Waals surface area contributed by atoms with E-state index in [4.69, 9.17) is 0 Å². The molecule has 0 bridgehead atoms. The molecule has 0 saturated heterocycles. The summed E-state index contributed by atoms with van der Waals surface area (Å²) < 4.78 is 0. The molecular weight excluding hydrogens is 206 g/mol. The van der Waals surface area contributed by atoms with Crippen molar-refractivity contribution in [2.24, 2.45) is 0 Å². The van der Waals surface area contributed by atoms with Crippen molar-refractivity contribution in [3.8, 4) is 0 Å². The van der Waals surface area contributed by atoms with Gasteiger partial charge in [0.15, 0.2) is 0 Å². The number of hydrogen-bond acceptors (Lipinski definition) is 2. The largest absolute Gasteiger partial charge is 0.550 e. The fraction of sp³-hybridized carbons (Fsp3) is 0.917. The van der Waals surface area contributed by atoms with Crippen molar-refractivity contribution in [2.75, 3.05) is 0 Å². The maximum Gasteiger partial charge on any atom is 0.0414 e. The van der Waals surface area contributed by atoms with E-state index in [1.54, 1.807) is 0 Å². The molecule has 100 valence electrons. The first-order valence-electron chi connectivity index (χ1n) is 5.97. The minimum absolute atomic E-state index is 0. The second-order valence-corrected chi connectivity index (χ2v) is 3.95. The minimum Gasteiger partial charge on any atom is -0.550 e. The van der Waals surface area contributed by atoms with E-state index in [0.29, 0.717) is 0 Å². The van der Waals surface area contributed by atoms with Crippen molar-refractivity contribution in [2.45, 2.75) is 71.1 Å². The number of carboxylic acids is 1. The summed E-state index contributed by atoms with van der Waals surface area (Å²) in [6.07, 6.45) is 11.2. The van der Waals surface area contributed by atoms with E-state index in [1.165, 1.54) is 44.9 Å². The number of rotatable bonds is 10. The Labute approximate surface area is 99.3 Å². The number of carbonyl (C=O) groups is 1. The van der Waals surface area contributed by atoms with E-state index in [0.717, 1.165) is 12.8 Å². The Morgan fingerprint density at radius 1 is 0.875 bits per heavy atom. The molecule has 0 rings (SSSR count). The first kappa shape index (κ1) is 20.8. The van der Waals surface area contributed by atoms with E-state index >= 15 is 0 Å². The number of unbranched alkanes of at least 4 members (excludes halogenated alkanes) is 8. The molecule has 4 nitrogen and oxygen atoms in total. The van der Waals surface area contributed by atoms with Crippen molar-refractivity contribution in [3.05, 3.63) is 0 Å². The molecule has 0 amide bonds. The Hall–Kier alpha value is -0.610. The molecule has 0 heterocycles. The van der Waals surface area contributed by atoms with Crippen molar-refractivity contribution in [1.29, 1.82) is 0 Å². The molecule has 0 unspecified atom stereocenters. The third kappa shape index (κ3) is 19.0. The second-order valence-electron chi connectivity index (χ2n) is 3.95. The van der Waals surface area contributed by atoms with Crippen LogP contribution in [0.4, 0.5) is 0 Å². The molecule has 0 fully saturated rings. The zero-order valence-electron chi connectivity index (χ0n) is 10.9. The highest BCUT2D eigenvalue weighted by Gasteiger charge is 1.92. The van der Waals surface area contributed by atoms with Gasteiger partial charge in [0.1, 0.15) is 0 Å². The predicted octanol–water partition coefficient (Wildman–Crippen LogP) is 2.21. The third-order valence-corrected chi connectivity index (χ3v) is 2.48. The topological polar surface area (TPSA) is 108 Å². The lowest BCUT2D eigenvalue weighted by Gasteiger charge is -2.02. The van der Waals surface area contributed by atoms with Gasteiger partial charge in [-0.3, -0.25) is 0 Å². The Balaban J connectivity index is -0.000000845. The smallest absolute Gasteiger partial charge is 0.0414 e. The summed E-state index contributed by atoms with van der Waals surface area (Å²) in [5.41, 5.74) is 0. The van der Waals surface area contributed by atoms with E-state index in [-0.39, 0.29) is 18.0 Å². The van der Waals surface area contributed by atoms with Crippen LogP contribution in [0.5, 0.6) is 0 Å². The van der Waals surface area contributed by atoms with Gasteiger partial charge in [0, 0.05) is 5.97 Å². The summed E-state index contributed by atoms with van der Waals surface area (Å²) in [6.45, 7) is 2.22. The number of quaternary nitrogens is 1. The van der Waals surface area contributed by atoms with Gasteiger partial charge in [-0.25, -0.2) is 0 Å². The zero-order chi connectivity index (χ0) is 10.6. The van der Waals surface area contributed by atoms with Gasteiger partial charge >= 0.3 is 0 Å². The van der Waals surface area contributed by atoms with Gasteiger partial charge in [0.2, 0.25) is 0 Å². The zero-order valence-corrected chi connectivity index (χ0v) is 10.9. The molecular formula is C12H29NO3. The van der Waals surface area contributed by atoms with Gasteiger partial charge in [-0.15, -0.1) is 0 Å². The lowest BCUT2D eigenvalue weighted by atomic mass is 10.1. The molecule has 0 spiro atoms. The molecule has 0 saturated carbocycles. The second kappa shape index (κ2) is 16.8. The molecule has 0 aliphatic carbocycles. The van der Waals surface area contributed by atoms with Crippen LogP contribution in [0.2, 0.25) is 0 Å². The van der Waals surface area contributed by atoms with E-state index in [2.05, 4.69) is 6.92 Å². The molecule has 4 heteroatoms. The van der Waals surface area contributed by atoms with Crippen LogP contribution in [-0.4, -0.2) is 11.4 Å². The van der Waals surface area contributed by atoms with Gasteiger partial charge in [-0.05, 0) is 12.8 Å². The average molecular weight is 235 g/mol. The molecule has 0 aliphatic rings. The van der Waals surface area contributed by atoms with Gasteiger partial charge in [0.05, 0.1) is 0 Å². The van der Waals surface area contributed by atoms with Crippen molar-refractivity contribution < 1.29 is 15.4 Å². The minimum atomic E-state index is -0.909. The molecule has 0 aliphatic heterocycles. The Morgan fingerprint density at radius 2 is 1.25 bits per heavy atom. The van der Waals surface area contributed by atoms with Crippen LogP contribution in [-0.2, 0) is 4.79 Å². The van der Waals surface area contributed by atoms with Crippen LogP contribution in [0, 0.1) is 0 Å². The van der Waals surface area contributed by atoms with Gasteiger partial charge in [-0.2, -0.15) is 0 Å². The monoisotopic (exact) mass is 235 g/mol. The van der Waals surface area contributed by atoms with Crippen LogP contribution in [0.3, 0.4) is 0 Å². The van der Waals surface area contributed by atoms with E-state index in [9.17, 15) is 9.90 Å². The first-order chi connectivity index (χ1) is 6.77. The first-order valence-corrected chi connectivity index (χ1v) is 5.97. The number of carbonyl (C=O) groups excluding carboxylic acids is 1. The van der Waals surface area contributed by atoms with E-state index in [1.807, 2.05) is 0 Å². The quantitative estimate of drug-likeness (QED) is 0.586. The molecule has 6 N–H and O–H groups in total. The third-order valence-electron chi connectivity index (χ3n) is 2.48. The standard InChI is InChI=1S/C12H24O2.H3N.H2O/c1-2-3-4-5-6-7-8-9-10-11-12(13)14;;/h2-11H2,1H3,(H,13,14);1H3;1H2. The van der Waals surface area contributed by atoms with Crippen LogP contribution >= 0.6 is 0 Å². The summed E-state index contributed by atoms with van der Waals surface area (Å²) in [5.74, 6) is -0.909. The van der Waals surface area contributed by atoms with Crippen LogP contribution in [0.25, 0.3) is 0 Å². The molecule has 0 radical (unpaired) electrons. The normalized spacial score (nSPS) is 9.06. The van der Waals surface area contributed by atoms with Gasteiger partial charge in [-0.1, -0.05) is 58.3 Å². The molecule has 0 atom stereocenters. The molecule has 0 aromatic heterocycles. The fourth-order valence-electron chi connectivity index (χ4n) is 1.58. The molecule has 16 heavy (non-hydrogen) atoms. The molecule has 0 aromatic rings. The summed E-state index contributed by atoms with van der Waals surface area (Å²) in [7, 11) is 0. The van der Waals surface area contributed by atoms with Gasteiger partial charge < -0.3 is 21.5 Å². The number of aliphatic carboxylic acids is 1. The van der Waals surface area contributed by atoms with E-state index < -0.39 is 5.97 Å². The average Bonchev–Trinajstić information content (AvgIpc) is 2.15. The van der Waals surface area contributed by atoms with Crippen molar-refractivity contribution in [3.63, 3.8) is 0 Å². The summed E-state index contributed by atoms with van der Waals surface area (Å²) in [4.78, 5) is 10.1. The highest BCUT2D eigenvalue weighted by Crippen LogP contribution is 2.09.